The van der Waals surface area contributed by atoms with Crippen LogP contribution in [0.4, 0.5) is 5.82 Å². The van der Waals surface area contributed by atoms with Gasteiger partial charge in [0.05, 0.1) is 12.4 Å². The fourth-order valence-corrected chi connectivity index (χ4v) is 3.76. The molecule has 9 heteroatoms. The number of carbonyl (C=O) groups excluding carboxylic acids is 1. The number of rotatable bonds is 8. The molecule has 1 fully saturated rings. The lowest BCUT2D eigenvalue weighted by Gasteiger charge is -2.34. The third-order valence-corrected chi connectivity index (χ3v) is 5.55. The Morgan fingerprint density at radius 3 is 2.81 bits per heavy atom. The van der Waals surface area contributed by atoms with Crippen LogP contribution in [0.25, 0.3) is 16.8 Å². The van der Waals surface area contributed by atoms with Crippen LogP contribution in [0.2, 0.25) is 0 Å². The molecule has 0 aliphatic carbocycles. The molecular formula is C23H28N8O. The van der Waals surface area contributed by atoms with Crippen molar-refractivity contribution in [2.24, 2.45) is 4.99 Å². The van der Waals surface area contributed by atoms with Gasteiger partial charge in [0, 0.05) is 75.9 Å². The molecule has 0 radical (unpaired) electrons. The van der Waals surface area contributed by atoms with E-state index < -0.39 is 0 Å². The van der Waals surface area contributed by atoms with Gasteiger partial charge >= 0.3 is 0 Å². The molecule has 0 bridgehead atoms. The molecule has 2 N–H and O–H groups in total. The number of hydrogen-bond donors (Lipinski definition) is 2. The van der Waals surface area contributed by atoms with E-state index in [0.717, 1.165) is 60.9 Å². The van der Waals surface area contributed by atoms with E-state index in [1.807, 2.05) is 46.1 Å². The maximum Gasteiger partial charge on any atom is 0.219 e. The Kier molecular flexibility index (Phi) is 6.76. The molecule has 4 rings (SSSR count). The van der Waals surface area contributed by atoms with Gasteiger partial charge in [-0.05, 0) is 30.5 Å². The van der Waals surface area contributed by atoms with Crippen LogP contribution >= 0.6 is 0 Å². The van der Waals surface area contributed by atoms with Crippen molar-refractivity contribution >= 4 is 24.1 Å². The Bertz CT molecular complexity index is 1120. The zero-order valence-corrected chi connectivity index (χ0v) is 18.2. The lowest BCUT2D eigenvalue weighted by Crippen LogP contribution is -2.48. The molecule has 0 aromatic carbocycles. The van der Waals surface area contributed by atoms with Gasteiger partial charge in [0.2, 0.25) is 5.91 Å². The highest BCUT2D eigenvalue weighted by Gasteiger charge is 2.18. The highest BCUT2D eigenvalue weighted by atomic mass is 16.2. The molecule has 32 heavy (non-hydrogen) atoms. The lowest BCUT2D eigenvalue weighted by atomic mass is 10.2. The van der Waals surface area contributed by atoms with Crippen molar-refractivity contribution < 1.29 is 4.79 Å². The average Bonchev–Trinajstić information content (AvgIpc) is 3.47. The fraction of sp³-hybridized carbons (Fsp3) is 0.304. The van der Waals surface area contributed by atoms with Gasteiger partial charge in [-0.1, -0.05) is 6.08 Å². The van der Waals surface area contributed by atoms with Crippen molar-refractivity contribution in [3.8, 4) is 11.1 Å². The zero-order valence-electron chi connectivity index (χ0n) is 18.2. The van der Waals surface area contributed by atoms with Gasteiger partial charge in [0.1, 0.15) is 11.5 Å². The second-order valence-electron chi connectivity index (χ2n) is 7.74. The Morgan fingerprint density at radius 2 is 2.09 bits per heavy atom. The number of aliphatic imine (C=N–C) groups is 1. The average molecular weight is 433 g/mol. The van der Waals surface area contributed by atoms with Crippen LogP contribution < -0.4 is 5.32 Å². The standard InChI is InChI=1S/C23H28N8O/c1-18(32)30-11-9-29(10-12-30)15-19(5-7-24-2)6-8-25-22-17-31-16-20(3-4-23(31)28-22)21-13-26-27-14-21/h3-7,13-14,16-17,25H,2,8-12,15H2,1H3,(H,26,27)/b7-5-,19-6+. The number of imidazole rings is 1. The number of amides is 1. The summed E-state index contributed by atoms with van der Waals surface area (Å²) in [6.45, 7) is 9.88. The number of fused-ring (bicyclic) bond motifs is 1. The smallest absolute Gasteiger partial charge is 0.219 e. The fourth-order valence-electron chi connectivity index (χ4n) is 3.76. The molecule has 1 aliphatic heterocycles. The largest absolute Gasteiger partial charge is 0.365 e. The summed E-state index contributed by atoms with van der Waals surface area (Å²) in [5, 5.41) is 10.2. The van der Waals surface area contributed by atoms with Gasteiger partial charge in [-0.3, -0.25) is 19.8 Å². The van der Waals surface area contributed by atoms with E-state index in [9.17, 15) is 4.79 Å². The van der Waals surface area contributed by atoms with Crippen LogP contribution in [-0.4, -0.2) is 81.3 Å². The molecule has 3 aromatic rings. The predicted octanol–water partition coefficient (Wildman–Crippen LogP) is 2.44. The van der Waals surface area contributed by atoms with Crippen LogP contribution in [0.15, 0.2) is 65.8 Å². The predicted molar refractivity (Wildman–Crippen MR) is 127 cm³/mol. The van der Waals surface area contributed by atoms with E-state index in [0.29, 0.717) is 6.54 Å². The van der Waals surface area contributed by atoms with E-state index in [2.05, 4.69) is 43.2 Å². The summed E-state index contributed by atoms with van der Waals surface area (Å²) < 4.78 is 2.01. The van der Waals surface area contributed by atoms with Crippen molar-refractivity contribution in [1.29, 1.82) is 0 Å². The highest BCUT2D eigenvalue weighted by Crippen LogP contribution is 2.19. The first kappa shape index (κ1) is 21.5. The number of pyridine rings is 1. The maximum absolute atomic E-state index is 11.5. The summed E-state index contributed by atoms with van der Waals surface area (Å²) in [6, 6.07) is 4.03. The van der Waals surface area contributed by atoms with Gasteiger partial charge < -0.3 is 14.6 Å². The summed E-state index contributed by atoms with van der Waals surface area (Å²) in [5.74, 6) is 0.954. The van der Waals surface area contributed by atoms with Crippen LogP contribution in [0, 0.1) is 0 Å². The first-order chi connectivity index (χ1) is 15.6. The minimum absolute atomic E-state index is 0.143. The van der Waals surface area contributed by atoms with E-state index in [-0.39, 0.29) is 5.91 Å². The topological polar surface area (TPSA) is 93.9 Å². The number of hydrogen-bond acceptors (Lipinski definition) is 6. The minimum Gasteiger partial charge on any atom is -0.365 e. The van der Waals surface area contributed by atoms with Crippen molar-refractivity contribution in [1.82, 2.24) is 29.4 Å². The second kappa shape index (κ2) is 10.1. The Morgan fingerprint density at radius 1 is 1.25 bits per heavy atom. The summed E-state index contributed by atoms with van der Waals surface area (Å²) in [7, 11) is 0. The molecule has 0 spiro atoms. The van der Waals surface area contributed by atoms with Crippen LogP contribution in [0.5, 0.6) is 0 Å². The molecule has 0 atom stereocenters. The van der Waals surface area contributed by atoms with Crippen molar-refractivity contribution in [3.63, 3.8) is 0 Å². The molecule has 3 aromatic heterocycles. The number of piperazine rings is 1. The molecule has 1 amide bonds. The molecule has 166 valence electrons. The summed E-state index contributed by atoms with van der Waals surface area (Å²) in [4.78, 5) is 24.3. The summed E-state index contributed by atoms with van der Waals surface area (Å²) in [5.41, 5.74) is 4.13. The van der Waals surface area contributed by atoms with E-state index in [1.54, 1.807) is 19.3 Å². The number of aromatic nitrogens is 4. The van der Waals surface area contributed by atoms with Crippen molar-refractivity contribution in [2.75, 3.05) is 44.6 Å². The van der Waals surface area contributed by atoms with Crippen LogP contribution in [0.1, 0.15) is 6.92 Å². The Hall–Kier alpha value is -3.72. The van der Waals surface area contributed by atoms with Gasteiger partial charge in [-0.2, -0.15) is 5.10 Å². The molecule has 0 saturated carbocycles. The van der Waals surface area contributed by atoms with Crippen molar-refractivity contribution in [2.45, 2.75) is 6.92 Å². The van der Waals surface area contributed by atoms with E-state index in [4.69, 9.17) is 0 Å². The van der Waals surface area contributed by atoms with Crippen LogP contribution in [0.3, 0.4) is 0 Å². The lowest BCUT2D eigenvalue weighted by molar-refractivity contribution is -0.130. The third kappa shape index (κ3) is 5.30. The van der Waals surface area contributed by atoms with Gasteiger partial charge in [0.25, 0.3) is 0 Å². The van der Waals surface area contributed by atoms with Gasteiger partial charge in [-0.25, -0.2) is 4.98 Å². The molecular weight excluding hydrogens is 404 g/mol. The van der Waals surface area contributed by atoms with Crippen LogP contribution in [-0.2, 0) is 4.79 Å². The van der Waals surface area contributed by atoms with Gasteiger partial charge in [-0.15, -0.1) is 0 Å². The second-order valence-corrected chi connectivity index (χ2v) is 7.74. The van der Waals surface area contributed by atoms with Gasteiger partial charge in [0.15, 0.2) is 0 Å². The maximum atomic E-state index is 11.5. The summed E-state index contributed by atoms with van der Waals surface area (Å²) >= 11 is 0. The molecule has 0 unspecified atom stereocenters. The molecule has 1 aliphatic rings. The monoisotopic (exact) mass is 432 g/mol. The highest BCUT2D eigenvalue weighted by molar-refractivity contribution is 5.73. The van der Waals surface area contributed by atoms with E-state index in [1.165, 1.54) is 0 Å². The first-order valence-corrected chi connectivity index (χ1v) is 10.6. The normalized spacial score (nSPS) is 15.5. The molecule has 1 saturated heterocycles. The molecule has 9 nitrogen and oxygen atoms in total. The number of anilines is 1. The van der Waals surface area contributed by atoms with Crippen molar-refractivity contribution in [3.05, 3.63) is 60.8 Å². The van der Waals surface area contributed by atoms with E-state index >= 15 is 0 Å². The number of nitrogens with one attached hydrogen (secondary N) is 2. The number of carbonyl (C=O) groups is 1. The number of H-pyrrole nitrogens is 1. The zero-order chi connectivity index (χ0) is 22.3. The number of nitrogens with zero attached hydrogens (tertiary/aromatic N) is 6. The number of aromatic amines is 1. The third-order valence-electron chi connectivity index (χ3n) is 5.55. The summed E-state index contributed by atoms with van der Waals surface area (Å²) in [6.07, 6.45) is 13.5. The Labute approximate surface area is 187 Å². The first-order valence-electron chi connectivity index (χ1n) is 10.6. The SMILES string of the molecule is C=N/C=C\C(=C/CNc1cn2cc(-c3cn[nH]c3)ccc2n1)CN1CCN(C(C)=O)CC1. The minimum atomic E-state index is 0.143. The Balaban J connectivity index is 1.38. The molecule has 4 heterocycles. The quantitative estimate of drug-likeness (QED) is 0.421.